The van der Waals surface area contributed by atoms with Crippen molar-refractivity contribution in [2.24, 2.45) is 17.8 Å². The summed E-state index contributed by atoms with van der Waals surface area (Å²) in [5.41, 5.74) is 3.24. The van der Waals surface area contributed by atoms with E-state index < -0.39 is 21.2 Å². The molecule has 0 radical (unpaired) electrons. The lowest BCUT2D eigenvalue weighted by Gasteiger charge is -2.50. The van der Waals surface area contributed by atoms with Gasteiger partial charge in [0.2, 0.25) is 10.0 Å². The molecule has 0 aromatic heterocycles. The summed E-state index contributed by atoms with van der Waals surface area (Å²) in [7, 11) is -2.05. The number of halogens is 1. The molecule has 2 bridgehead atoms. The number of benzene rings is 2. The van der Waals surface area contributed by atoms with Crippen LogP contribution in [0, 0.1) is 17.8 Å². The molecule has 0 unspecified atom stereocenters. The van der Waals surface area contributed by atoms with E-state index in [0.29, 0.717) is 24.0 Å². The average molecular weight is 629 g/mol. The molecule has 1 fully saturated rings. The summed E-state index contributed by atoms with van der Waals surface area (Å²) in [5, 5.41) is 0.0547. The lowest BCUT2D eigenvalue weighted by Crippen LogP contribution is -2.52. The van der Waals surface area contributed by atoms with Crippen LogP contribution in [0.5, 0.6) is 5.75 Å². The highest BCUT2D eigenvalue weighted by Crippen LogP contribution is 2.49. The predicted molar refractivity (Wildman–Crippen MR) is 171 cm³/mol. The lowest BCUT2D eigenvalue weighted by atomic mass is 9.63. The highest BCUT2D eigenvalue weighted by molar-refractivity contribution is 7.90. The Balaban J connectivity index is 1.43. The topological polar surface area (TPSA) is 84.9 Å². The fourth-order valence-corrected chi connectivity index (χ4v) is 9.67. The van der Waals surface area contributed by atoms with Gasteiger partial charge in [-0.15, -0.1) is 0 Å². The minimum Gasteiger partial charge on any atom is -0.490 e. The molecular formula is C34H45ClN2O5S. The molecule has 6 rings (SSSR count). The second kappa shape index (κ2) is 11.6. The van der Waals surface area contributed by atoms with E-state index in [1.807, 2.05) is 32.2 Å². The number of nitrogens with one attached hydrogen (secondary N) is 1. The number of hydrogen-bond acceptors (Lipinski definition) is 6. The van der Waals surface area contributed by atoms with Crippen LogP contribution in [0.3, 0.4) is 0 Å². The van der Waals surface area contributed by atoms with E-state index >= 15 is 0 Å². The number of fused-ring (bicyclic) bond motifs is 4. The van der Waals surface area contributed by atoms with Gasteiger partial charge in [-0.2, -0.15) is 0 Å². The van der Waals surface area contributed by atoms with E-state index in [0.717, 1.165) is 80.9 Å². The highest BCUT2D eigenvalue weighted by Gasteiger charge is 2.48. The highest BCUT2D eigenvalue weighted by atomic mass is 35.5. The van der Waals surface area contributed by atoms with Crippen LogP contribution in [0.15, 0.2) is 36.4 Å². The van der Waals surface area contributed by atoms with Gasteiger partial charge >= 0.3 is 0 Å². The summed E-state index contributed by atoms with van der Waals surface area (Å²) in [6, 6.07) is 11.6. The molecule has 4 aliphatic rings. The van der Waals surface area contributed by atoms with Gasteiger partial charge in [0.15, 0.2) is 0 Å². The van der Waals surface area contributed by atoms with Crippen LogP contribution >= 0.6 is 11.6 Å². The van der Waals surface area contributed by atoms with E-state index in [1.54, 1.807) is 13.0 Å². The number of aryl methyl sites for hydroxylation is 1. The number of sulfonamides is 1. The van der Waals surface area contributed by atoms with Crippen LogP contribution in [0.4, 0.5) is 5.69 Å². The van der Waals surface area contributed by atoms with Gasteiger partial charge in [0.1, 0.15) is 5.75 Å². The monoisotopic (exact) mass is 628 g/mol. The number of methoxy groups -OCH3 is 1. The van der Waals surface area contributed by atoms with Gasteiger partial charge in [0.05, 0.1) is 23.1 Å². The zero-order chi connectivity index (χ0) is 30.6. The second-order valence-corrected chi connectivity index (χ2v) is 16.3. The van der Waals surface area contributed by atoms with Crippen LogP contribution in [-0.4, -0.2) is 52.0 Å². The number of rotatable bonds is 1. The van der Waals surface area contributed by atoms with Crippen LogP contribution in [0.2, 0.25) is 5.02 Å². The maximum atomic E-state index is 13.4. The van der Waals surface area contributed by atoms with E-state index in [9.17, 15) is 13.2 Å². The Morgan fingerprint density at radius 2 is 1.88 bits per heavy atom. The fraction of sp³-hybridized carbons (Fsp3) is 0.618. The van der Waals surface area contributed by atoms with Crippen molar-refractivity contribution in [1.29, 1.82) is 0 Å². The van der Waals surface area contributed by atoms with Gasteiger partial charge in [-0.1, -0.05) is 31.0 Å². The summed E-state index contributed by atoms with van der Waals surface area (Å²) in [4.78, 5) is 15.8. The molecule has 1 spiro atoms. The zero-order valence-electron chi connectivity index (χ0n) is 25.8. The molecule has 2 aromatic carbocycles. The van der Waals surface area contributed by atoms with Gasteiger partial charge in [-0.05, 0) is 118 Å². The first-order valence-electron chi connectivity index (χ1n) is 15.9. The van der Waals surface area contributed by atoms with Crippen molar-refractivity contribution in [1.82, 2.24) is 4.72 Å². The first-order chi connectivity index (χ1) is 20.4. The minimum atomic E-state index is -3.87. The molecule has 2 heterocycles. The number of nitrogens with zero attached hydrogens (tertiary/aromatic N) is 1. The largest absolute Gasteiger partial charge is 0.490 e. The number of carbonyl (C=O) groups is 1. The van der Waals surface area contributed by atoms with Crippen molar-refractivity contribution in [3.63, 3.8) is 0 Å². The molecule has 234 valence electrons. The summed E-state index contributed by atoms with van der Waals surface area (Å²) < 4.78 is 41.8. The number of amides is 1. The van der Waals surface area contributed by atoms with Crippen LogP contribution < -0.4 is 14.4 Å². The fourth-order valence-electron chi connectivity index (χ4n) is 8.17. The van der Waals surface area contributed by atoms with Gasteiger partial charge in [0.25, 0.3) is 5.91 Å². The molecule has 43 heavy (non-hydrogen) atoms. The molecule has 1 amide bonds. The quantitative estimate of drug-likeness (QED) is 0.387. The Morgan fingerprint density at radius 3 is 2.63 bits per heavy atom. The van der Waals surface area contributed by atoms with Crippen molar-refractivity contribution in [3.05, 3.63) is 58.1 Å². The molecule has 2 aromatic rings. The van der Waals surface area contributed by atoms with Gasteiger partial charge < -0.3 is 14.4 Å². The van der Waals surface area contributed by atoms with Crippen molar-refractivity contribution < 1.29 is 22.7 Å². The Bertz CT molecular complexity index is 1500. The Labute approximate surface area is 261 Å². The van der Waals surface area contributed by atoms with Crippen LogP contribution in [0.25, 0.3) is 0 Å². The van der Waals surface area contributed by atoms with E-state index in [-0.39, 0.29) is 16.9 Å². The third-order valence-electron chi connectivity index (χ3n) is 11.3. The van der Waals surface area contributed by atoms with Crippen LogP contribution in [0.1, 0.15) is 87.2 Å². The van der Waals surface area contributed by atoms with Crippen molar-refractivity contribution in [3.8, 4) is 5.75 Å². The first-order valence-corrected chi connectivity index (χ1v) is 17.8. The maximum Gasteiger partial charge on any atom is 0.264 e. The van der Waals surface area contributed by atoms with Crippen LogP contribution in [-0.2, 0) is 26.6 Å². The molecule has 2 aliphatic carbocycles. The number of ether oxygens (including phenoxy) is 2. The third kappa shape index (κ3) is 5.68. The lowest BCUT2D eigenvalue weighted by molar-refractivity contribution is -0.103. The molecule has 0 saturated heterocycles. The minimum absolute atomic E-state index is 0.100. The normalized spacial score (nSPS) is 34.2. The third-order valence-corrected chi connectivity index (χ3v) is 13.4. The van der Waals surface area contributed by atoms with Gasteiger partial charge in [0, 0.05) is 36.2 Å². The number of carbonyl (C=O) groups excluding carboxylic acids is 1. The molecule has 9 heteroatoms. The maximum absolute atomic E-state index is 13.4. The SMILES string of the molecule is CO[C@]1(C)CCC[C@H](C)[C@@H](C)S(=O)(=O)NC(=O)c2ccc3c(c2)N(C[C@@H]2CC[C@H]21)C[C@@]1(CCCc2cc(Cl)ccc21)CO3. The standard InChI is InChI=1S/C34H45ClN2O5S/c1-22-7-5-15-33(3,41-4)28-12-9-26(28)19-37-20-34(16-6-8-24-17-27(35)11-13-29(24)34)21-42-31-14-10-25(18-30(31)37)32(38)36-43(39,40)23(22)2/h10-11,13-14,17-18,22-23,26,28H,5-9,12,15-16,19-21H2,1-4H3,(H,36,38)/t22-,23+,26-,28+,33+,34-/m0/s1. The second-order valence-electron chi connectivity index (χ2n) is 13.8. The molecule has 1 saturated carbocycles. The average Bonchev–Trinajstić information content (AvgIpc) is 3.11. The van der Waals surface area contributed by atoms with Crippen molar-refractivity contribution in [2.75, 3.05) is 31.7 Å². The molecular weight excluding hydrogens is 584 g/mol. The van der Waals surface area contributed by atoms with E-state index in [1.165, 1.54) is 11.1 Å². The summed E-state index contributed by atoms with van der Waals surface area (Å²) in [6.07, 6.45) is 7.78. The Kier molecular flexibility index (Phi) is 8.27. The smallest absolute Gasteiger partial charge is 0.264 e. The molecule has 7 nitrogen and oxygen atoms in total. The molecule has 2 aliphatic heterocycles. The zero-order valence-corrected chi connectivity index (χ0v) is 27.4. The summed E-state index contributed by atoms with van der Waals surface area (Å²) >= 11 is 6.42. The van der Waals surface area contributed by atoms with Gasteiger partial charge in [-0.3, -0.25) is 4.79 Å². The predicted octanol–water partition coefficient (Wildman–Crippen LogP) is 6.51. The van der Waals surface area contributed by atoms with E-state index in [4.69, 9.17) is 21.1 Å². The summed E-state index contributed by atoms with van der Waals surface area (Å²) in [6.45, 7) is 7.99. The van der Waals surface area contributed by atoms with Crippen molar-refractivity contribution >= 4 is 33.2 Å². The van der Waals surface area contributed by atoms with E-state index in [2.05, 4.69) is 28.7 Å². The number of anilines is 1. The number of hydrogen-bond donors (Lipinski definition) is 1. The summed E-state index contributed by atoms with van der Waals surface area (Å²) in [5.74, 6) is 0.861. The molecule has 6 atom stereocenters. The Morgan fingerprint density at radius 1 is 1.07 bits per heavy atom. The van der Waals surface area contributed by atoms with Gasteiger partial charge in [-0.25, -0.2) is 13.1 Å². The van der Waals surface area contributed by atoms with Crippen molar-refractivity contribution in [2.45, 2.75) is 88.4 Å². The molecule has 1 N–H and O–H groups in total. The Hall–Kier alpha value is -2.29. The first kappa shape index (κ1) is 30.7.